The zero-order valence-corrected chi connectivity index (χ0v) is 11.8. The Labute approximate surface area is 114 Å². The van der Waals surface area contributed by atoms with Crippen LogP contribution in [0.5, 0.6) is 0 Å². The van der Waals surface area contributed by atoms with Crippen LogP contribution in [0.25, 0.3) is 0 Å². The van der Waals surface area contributed by atoms with Gasteiger partial charge in [-0.3, -0.25) is 4.79 Å². The van der Waals surface area contributed by atoms with Crippen molar-refractivity contribution in [3.63, 3.8) is 0 Å². The third-order valence-electron chi connectivity index (χ3n) is 3.73. The van der Waals surface area contributed by atoms with E-state index in [4.69, 9.17) is 4.74 Å². The van der Waals surface area contributed by atoms with E-state index in [2.05, 4.69) is 17.2 Å². The highest BCUT2D eigenvalue weighted by Crippen LogP contribution is 2.36. The summed E-state index contributed by atoms with van der Waals surface area (Å²) >= 11 is 0. The van der Waals surface area contributed by atoms with Gasteiger partial charge in [0.05, 0.1) is 12.5 Å². The molecule has 1 rings (SSSR count). The highest BCUT2D eigenvalue weighted by Gasteiger charge is 2.40. The van der Waals surface area contributed by atoms with E-state index in [1.165, 1.54) is 7.11 Å². The Morgan fingerprint density at radius 2 is 2.00 bits per heavy atom. The largest absolute Gasteiger partial charge is 0.469 e. The molecule has 2 amide bonds. The third-order valence-corrected chi connectivity index (χ3v) is 3.73. The van der Waals surface area contributed by atoms with Crippen LogP contribution in [0.2, 0.25) is 0 Å². The van der Waals surface area contributed by atoms with Crippen molar-refractivity contribution >= 4 is 12.0 Å². The van der Waals surface area contributed by atoms with E-state index in [1.54, 1.807) is 6.08 Å². The standard InChI is InChI=1S/C14H24N2O3/c1-4-11(2)16-13(18)15-10-14(12(17)19-3)8-6-5-7-9-14/h4,11H,1,5-10H2,2-3H3,(H2,15,16,18)/t11-/m0/s1. The average Bonchev–Trinajstić information content (AvgIpc) is 2.45. The van der Waals surface area contributed by atoms with Crippen LogP contribution in [-0.2, 0) is 9.53 Å². The number of hydrogen-bond acceptors (Lipinski definition) is 3. The van der Waals surface area contributed by atoms with E-state index >= 15 is 0 Å². The summed E-state index contributed by atoms with van der Waals surface area (Å²) in [6.07, 6.45) is 6.34. The molecular formula is C14H24N2O3. The number of methoxy groups -OCH3 is 1. The van der Waals surface area contributed by atoms with Crippen LogP contribution in [0.4, 0.5) is 4.79 Å². The van der Waals surface area contributed by atoms with E-state index in [9.17, 15) is 9.59 Å². The van der Waals surface area contributed by atoms with Crippen molar-refractivity contribution in [1.29, 1.82) is 0 Å². The van der Waals surface area contributed by atoms with Gasteiger partial charge in [0.25, 0.3) is 0 Å². The number of nitrogens with one attached hydrogen (secondary N) is 2. The van der Waals surface area contributed by atoms with E-state index in [1.807, 2.05) is 6.92 Å². The highest BCUT2D eigenvalue weighted by molar-refractivity contribution is 5.79. The normalized spacial score (nSPS) is 19.1. The quantitative estimate of drug-likeness (QED) is 0.592. The number of carbonyl (C=O) groups excluding carboxylic acids is 2. The van der Waals surface area contributed by atoms with Crippen molar-refractivity contribution in [2.75, 3.05) is 13.7 Å². The lowest BCUT2D eigenvalue weighted by atomic mass is 9.74. The Morgan fingerprint density at radius 3 is 2.53 bits per heavy atom. The minimum Gasteiger partial charge on any atom is -0.469 e. The predicted molar refractivity (Wildman–Crippen MR) is 73.7 cm³/mol. The lowest BCUT2D eigenvalue weighted by Gasteiger charge is -2.34. The Bertz CT molecular complexity index is 336. The number of carbonyl (C=O) groups is 2. The van der Waals surface area contributed by atoms with Crippen LogP contribution < -0.4 is 10.6 Å². The first-order valence-corrected chi connectivity index (χ1v) is 6.79. The van der Waals surface area contributed by atoms with Gasteiger partial charge in [0, 0.05) is 12.6 Å². The molecule has 1 aliphatic carbocycles. The summed E-state index contributed by atoms with van der Waals surface area (Å²) in [5.74, 6) is -0.218. The van der Waals surface area contributed by atoms with Crippen LogP contribution >= 0.6 is 0 Å². The summed E-state index contributed by atoms with van der Waals surface area (Å²) < 4.78 is 4.90. The van der Waals surface area contributed by atoms with E-state index in [0.29, 0.717) is 6.54 Å². The molecule has 5 nitrogen and oxygen atoms in total. The van der Waals surface area contributed by atoms with Gasteiger partial charge >= 0.3 is 12.0 Å². The maximum atomic E-state index is 12.0. The fourth-order valence-electron chi connectivity index (χ4n) is 2.46. The summed E-state index contributed by atoms with van der Waals surface area (Å²) in [6.45, 7) is 5.77. The highest BCUT2D eigenvalue weighted by atomic mass is 16.5. The predicted octanol–water partition coefficient (Wildman–Crippen LogP) is 1.98. The van der Waals surface area contributed by atoms with E-state index in [-0.39, 0.29) is 18.0 Å². The Balaban J connectivity index is 2.56. The van der Waals surface area contributed by atoms with Gasteiger partial charge in [-0.2, -0.15) is 0 Å². The van der Waals surface area contributed by atoms with Crippen molar-refractivity contribution < 1.29 is 14.3 Å². The zero-order chi connectivity index (χ0) is 14.3. The Morgan fingerprint density at radius 1 is 1.37 bits per heavy atom. The number of hydrogen-bond donors (Lipinski definition) is 2. The van der Waals surface area contributed by atoms with Crippen molar-refractivity contribution in [2.24, 2.45) is 5.41 Å². The molecule has 0 saturated heterocycles. The molecule has 5 heteroatoms. The maximum Gasteiger partial charge on any atom is 0.315 e. The SMILES string of the molecule is C=C[C@H](C)NC(=O)NCC1(C(=O)OC)CCCCC1. The van der Waals surface area contributed by atoms with Crippen molar-refractivity contribution in [3.05, 3.63) is 12.7 Å². The molecule has 1 atom stereocenters. The van der Waals surface area contributed by atoms with Gasteiger partial charge in [0.15, 0.2) is 0 Å². The second-order valence-electron chi connectivity index (χ2n) is 5.18. The molecule has 19 heavy (non-hydrogen) atoms. The first-order valence-electron chi connectivity index (χ1n) is 6.79. The molecule has 0 aliphatic heterocycles. The number of amides is 2. The first kappa shape index (κ1) is 15.5. The average molecular weight is 268 g/mol. The molecule has 1 aliphatic rings. The molecule has 1 fully saturated rings. The molecule has 1 saturated carbocycles. The molecule has 0 aromatic carbocycles. The number of esters is 1. The summed E-state index contributed by atoms with van der Waals surface area (Å²) in [5, 5.41) is 5.50. The minimum atomic E-state index is -0.554. The zero-order valence-electron chi connectivity index (χ0n) is 11.8. The lowest BCUT2D eigenvalue weighted by molar-refractivity contribution is -0.154. The van der Waals surface area contributed by atoms with Gasteiger partial charge in [-0.15, -0.1) is 6.58 Å². The molecule has 0 unspecified atom stereocenters. The molecule has 0 radical (unpaired) electrons. The van der Waals surface area contributed by atoms with Gasteiger partial charge in [0.1, 0.15) is 0 Å². The van der Waals surface area contributed by atoms with Crippen LogP contribution in [0.1, 0.15) is 39.0 Å². The lowest BCUT2D eigenvalue weighted by Crippen LogP contribution is -2.48. The summed E-state index contributed by atoms with van der Waals surface area (Å²) in [7, 11) is 1.40. The van der Waals surface area contributed by atoms with Gasteiger partial charge < -0.3 is 15.4 Å². The third kappa shape index (κ3) is 4.26. The van der Waals surface area contributed by atoms with Gasteiger partial charge in [0.2, 0.25) is 0 Å². The second-order valence-corrected chi connectivity index (χ2v) is 5.18. The Hall–Kier alpha value is -1.52. The summed E-state index contributed by atoms with van der Waals surface area (Å²) in [4.78, 5) is 23.7. The van der Waals surface area contributed by atoms with Crippen LogP contribution in [-0.4, -0.2) is 31.7 Å². The van der Waals surface area contributed by atoms with Crippen molar-refractivity contribution in [3.8, 4) is 0 Å². The molecule has 0 spiro atoms. The molecule has 108 valence electrons. The Kier molecular flexibility index (Phi) is 5.86. The van der Waals surface area contributed by atoms with Gasteiger partial charge in [-0.05, 0) is 19.8 Å². The van der Waals surface area contributed by atoms with Crippen molar-refractivity contribution in [1.82, 2.24) is 10.6 Å². The molecule has 2 N–H and O–H groups in total. The maximum absolute atomic E-state index is 12.0. The van der Waals surface area contributed by atoms with Crippen molar-refractivity contribution in [2.45, 2.75) is 45.1 Å². The monoisotopic (exact) mass is 268 g/mol. The van der Waals surface area contributed by atoms with E-state index < -0.39 is 5.41 Å². The molecule has 0 heterocycles. The molecule has 0 aromatic rings. The van der Waals surface area contributed by atoms with Crippen LogP contribution in [0, 0.1) is 5.41 Å². The second kappa shape index (κ2) is 7.16. The smallest absolute Gasteiger partial charge is 0.315 e. The first-order chi connectivity index (χ1) is 9.04. The fourth-order valence-corrected chi connectivity index (χ4v) is 2.46. The number of urea groups is 1. The van der Waals surface area contributed by atoms with Crippen LogP contribution in [0.15, 0.2) is 12.7 Å². The molecule has 0 aromatic heterocycles. The number of ether oxygens (including phenoxy) is 1. The van der Waals surface area contributed by atoms with Crippen LogP contribution in [0.3, 0.4) is 0 Å². The molecule has 0 bridgehead atoms. The number of rotatable bonds is 5. The molecular weight excluding hydrogens is 244 g/mol. The van der Waals surface area contributed by atoms with Gasteiger partial charge in [-0.25, -0.2) is 4.79 Å². The van der Waals surface area contributed by atoms with E-state index in [0.717, 1.165) is 32.1 Å². The fraction of sp³-hybridized carbons (Fsp3) is 0.714. The topological polar surface area (TPSA) is 67.4 Å². The van der Waals surface area contributed by atoms with Gasteiger partial charge in [-0.1, -0.05) is 25.3 Å². The minimum absolute atomic E-state index is 0.0968. The summed E-state index contributed by atoms with van der Waals surface area (Å²) in [5.41, 5.74) is -0.554. The summed E-state index contributed by atoms with van der Waals surface area (Å²) in [6, 6.07) is -0.373.